The maximum absolute atomic E-state index is 13.9. The maximum atomic E-state index is 13.9. The van der Waals surface area contributed by atoms with E-state index in [4.69, 9.17) is 14.1 Å². The zero-order chi connectivity index (χ0) is 29.1. The molecule has 2 aromatic heterocycles. The van der Waals surface area contributed by atoms with Gasteiger partial charge in [0.05, 0.1) is 47.6 Å². The molecule has 0 saturated carbocycles. The second-order valence-electron chi connectivity index (χ2n) is 9.32. The van der Waals surface area contributed by atoms with Crippen molar-refractivity contribution in [3.05, 3.63) is 124 Å². The molecule has 5 aromatic rings. The van der Waals surface area contributed by atoms with Gasteiger partial charge in [-0.15, -0.1) is 0 Å². The Morgan fingerprint density at radius 3 is 2.46 bits per heavy atom. The van der Waals surface area contributed by atoms with Crippen molar-refractivity contribution in [1.29, 1.82) is 0 Å². The summed E-state index contributed by atoms with van der Waals surface area (Å²) in [6.45, 7) is 3.93. The summed E-state index contributed by atoms with van der Waals surface area (Å²) in [7, 11) is 0. The smallest absolute Gasteiger partial charge is 0.416 e. The number of fused-ring (bicyclic) bond motifs is 1. The SMILES string of the molecule is CCOc1ccc(-n2c(C(C)N(Cc3ccco3)C(=O)c3cccc(C(F)(F)F)c3)nc3ccccc3c2=O)cc1. The van der Waals surface area contributed by atoms with Crippen LogP contribution in [-0.4, -0.2) is 27.0 Å². The molecule has 5 rings (SSSR count). The second-order valence-corrected chi connectivity index (χ2v) is 9.32. The highest BCUT2D eigenvalue weighted by Crippen LogP contribution is 2.31. The molecule has 10 heteroatoms. The van der Waals surface area contributed by atoms with Crippen molar-refractivity contribution in [1.82, 2.24) is 14.5 Å². The highest BCUT2D eigenvalue weighted by atomic mass is 19.4. The van der Waals surface area contributed by atoms with E-state index in [1.54, 1.807) is 67.6 Å². The fourth-order valence-electron chi connectivity index (χ4n) is 4.63. The summed E-state index contributed by atoms with van der Waals surface area (Å²) in [6.07, 6.45) is -3.18. The van der Waals surface area contributed by atoms with Crippen LogP contribution in [0.2, 0.25) is 0 Å². The molecule has 0 aliphatic carbocycles. The summed E-state index contributed by atoms with van der Waals surface area (Å²) in [5, 5.41) is 0.374. The van der Waals surface area contributed by atoms with Gasteiger partial charge >= 0.3 is 6.18 Å². The molecule has 41 heavy (non-hydrogen) atoms. The lowest BCUT2D eigenvalue weighted by molar-refractivity contribution is -0.137. The summed E-state index contributed by atoms with van der Waals surface area (Å²) in [5.74, 6) is 0.574. The molecule has 0 bridgehead atoms. The first-order valence-electron chi connectivity index (χ1n) is 12.9. The van der Waals surface area contributed by atoms with Crippen LogP contribution in [0.1, 0.15) is 47.4 Å². The fraction of sp³-hybridized carbons (Fsp3) is 0.194. The van der Waals surface area contributed by atoms with Gasteiger partial charge in [-0.25, -0.2) is 4.98 Å². The number of halogens is 3. The Morgan fingerprint density at radius 1 is 1.02 bits per heavy atom. The van der Waals surface area contributed by atoms with Gasteiger partial charge in [0, 0.05) is 5.56 Å². The minimum atomic E-state index is -4.62. The molecule has 0 radical (unpaired) electrons. The molecule has 0 aliphatic rings. The van der Waals surface area contributed by atoms with Crippen molar-refractivity contribution in [2.45, 2.75) is 32.6 Å². The Labute approximate surface area is 233 Å². The number of amides is 1. The van der Waals surface area contributed by atoms with E-state index in [-0.39, 0.29) is 23.5 Å². The summed E-state index contributed by atoms with van der Waals surface area (Å²) in [5.41, 5.74) is -0.543. The number of ether oxygens (including phenoxy) is 1. The molecule has 1 atom stereocenters. The number of hydrogen-bond donors (Lipinski definition) is 0. The molecule has 0 N–H and O–H groups in total. The number of nitrogens with zero attached hydrogens (tertiary/aromatic N) is 3. The quantitative estimate of drug-likeness (QED) is 0.208. The zero-order valence-corrected chi connectivity index (χ0v) is 22.3. The molecule has 3 aromatic carbocycles. The van der Waals surface area contributed by atoms with Crippen molar-refractivity contribution < 1.29 is 27.1 Å². The number of rotatable bonds is 8. The predicted molar refractivity (Wildman–Crippen MR) is 147 cm³/mol. The average molecular weight is 562 g/mol. The number of benzene rings is 3. The summed E-state index contributed by atoms with van der Waals surface area (Å²) in [4.78, 5) is 33.8. The number of carbonyl (C=O) groups excluding carboxylic acids is 1. The lowest BCUT2D eigenvalue weighted by Crippen LogP contribution is -2.37. The summed E-state index contributed by atoms with van der Waals surface area (Å²) < 4.78 is 52.9. The largest absolute Gasteiger partial charge is 0.494 e. The zero-order valence-electron chi connectivity index (χ0n) is 22.3. The number of para-hydroxylation sites is 1. The molecule has 0 spiro atoms. The highest BCUT2D eigenvalue weighted by molar-refractivity contribution is 5.94. The van der Waals surface area contributed by atoms with Crippen molar-refractivity contribution in [3.63, 3.8) is 0 Å². The molecular formula is C31H26F3N3O4. The third-order valence-corrected chi connectivity index (χ3v) is 6.65. The highest BCUT2D eigenvalue weighted by Gasteiger charge is 2.33. The van der Waals surface area contributed by atoms with Crippen molar-refractivity contribution >= 4 is 16.8 Å². The van der Waals surface area contributed by atoms with Crippen molar-refractivity contribution in [3.8, 4) is 11.4 Å². The number of aromatic nitrogens is 2. The summed E-state index contributed by atoms with van der Waals surface area (Å²) in [6, 6.07) is 20.4. The van der Waals surface area contributed by atoms with Crippen LogP contribution in [-0.2, 0) is 12.7 Å². The van der Waals surface area contributed by atoms with Gasteiger partial charge in [0.1, 0.15) is 17.3 Å². The molecule has 0 saturated heterocycles. The van der Waals surface area contributed by atoms with Crippen LogP contribution in [0.5, 0.6) is 5.75 Å². The van der Waals surface area contributed by atoms with Crippen LogP contribution >= 0.6 is 0 Å². The first-order chi connectivity index (χ1) is 19.7. The van der Waals surface area contributed by atoms with E-state index in [1.165, 1.54) is 27.9 Å². The van der Waals surface area contributed by atoms with Gasteiger partial charge in [0.25, 0.3) is 11.5 Å². The van der Waals surface area contributed by atoms with Crippen molar-refractivity contribution in [2.75, 3.05) is 6.61 Å². The van der Waals surface area contributed by atoms with Gasteiger partial charge in [-0.2, -0.15) is 13.2 Å². The molecule has 0 aliphatic heterocycles. The van der Waals surface area contributed by atoms with Gasteiger partial charge in [0.2, 0.25) is 0 Å². The standard InChI is InChI=1S/C31H26F3N3O4/c1-3-40-24-15-13-23(14-16-24)37-28(35-27-12-5-4-11-26(27)30(37)39)20(2)36(19-25-10-7-17-41-25)29(38)21-8-6-9-22(18-21)31(32,33)34/h4-18,20H,3,19H2,1-2H3. The Bertz CT molecular complexity index is 1730. The lowest BCUT2D eigenvalue weighted by Gasteiger charge is -2.30. The van der Waals surface area contributed by atoms with Gasteiger partial charge in [-0.1, -0.05) is 18.2 Å². The number of hydrogen-bond acceptors (Lipinski definition) is 5. The third kappa shape index (κ3) is 5.72. The van der Waals surface area contributed by atoms with Crippen LogP contribution in [0.3, 0.4) is 0 Å². The normalized spacial score (nSPS) is 12.3. The van der Waals surface area contributed by atoms with E-state index in [0.717, 1.165) is 12.1 Å². The van der Waals surface area contributed by atoms with E-state index in [2.05, 4.69) is 0 Å². The predicted octanol–water partition coefficient (Wildman–Crippen LogP) is 6.80. The average Bonchev–Trinajstić information content (AvgIpc) is 3.49. The molecule has 210 valence electrons. The molecule has 1 unspecified atom stereocenters. The Hall–Kier alpha value is -4.86. The van der Waals surface area contributed by atoms with Crippen LogP contribution < -0.4 is 10.3 Å². The van der Waals surface area contributed by atoms with Gasteiger partial charge in [0.15, 0.2) is 0 Å². The monoisotopic (exact) mass is 561 g/mol. The third-order valence-electron chi connectivity index (χ3n) is 6.65. The first kappa shape index (κ1) is 27.7. The van der Waals surface area contributed by atoms with Gasteiger partial charge in [-0.05, 0) is 80.6 Å². The Kier molecular flexibility index (Phi) is 7.65. The fourth-order valence-corrected chi connectivity index (χ4v) is 4.63. The molecule has 2 heterocycles. The van der Waals surface area contributed by atoms with Crippen molar-refractivity contribution in [2.24, 2.45) is 0 Å². The van der Waals surface area contributed by atoms with E-state index in [0.29, 0.717) is 34.7 Å². The van der Waals surface area contributed by atoms with Crippen LogP contribution in [0.15, 0.2) is 100 Å². The minimum absolute atomic E-state index is 0.0742. The van der Waals surface area contributed by atoms with E-state index in [1.807, 2.05) is 6.92 Å². The first-order valence-corrected chi connectivity index (χ1v) is 12.9. The second kappa shape index (κ2) is 11.3. The molecular weight excluding hydrogens is 535 g/mol. The molecule has 1 amide bonds. The topological polar surface area (TPSA) is 77.6 Å². The van der Waals surface area contributed by atoms with E-state index >= 15 is 0 Å². The van der Waals surface area contributed by atoms with Crippen LogP contribution in [0, 0.1) is 0 Å². The van der Waals surface area contributed by atoms with E-state index < -0.39 is 23.7 Å². The number of carbonyl (C=O) groups is 1. The maximum Gasteiger partial charge on any atom is 0.416 e. The Balaban J connectivity index is 1.67. The van der Waals surface area contributed by atoms with Gasteiger partial charge in [-0.3, -0.25) is 14.2 Å². The van der Waals surface area contributed by atoms with Crippen LogP contribution in [0.25, 0.3) is 16.6 Å². The molecule has 7 nitrogen and oxygen atoms in total. The summed E-state index contributed by atoms with van der Waals surface area (Å²) >= 11 is 0. The number of alkyl halides is 3. The minimum Gasteiger partial charge on any atom is -0.494 e. The van der Waals surface area contributed by atoms with Gasteiger partial charge < -0.3 is 14.1 Å². The lowest BCUT2D eigenvalue weighted by atomic mass is 10.1. The van der Waals surface area contributed by atoms with Crippen LogP contribution in [0.4, 0.5) is 13.2 Å². The van der Waals surface area contributed by atoms with E-state index in [9.17, 15) is 22.8 Å². The number of furan rings is 1. The Morgan fingerprint density at radius 2 is 1.78 bits per heavy atom. The molecule has 0 fully saturated rings.